The number of aromatic nitrogens is 1. The molecule has 1 aromatic heterocycles. The van der Waals surface area contributed by atoms with Gasteiger partial charge in [0, 0.05) is 13.2 Å². The standard InChI is InChI=1S/C15H14ClN3O2/c1-19(15(20)13-8-11(9-17)10-18-13)6-7-21-14-5-3-2-4-12(14)16/h2-5,8,10,18H,6-7H2,1H3. The van der Waals surface area contributed by atoms with Crippen molar-refractivity contribution >= 4 is 17.5 Å². The van der Waals surface area contributed by atoms with E-state index in [0.29, 0.717) is 35.2 Å². The summed E-state index contributed by atoms with van der Waals surface area (Å²) in [6, 6.07) is 10.7. The number of H-pyrrole nitrogens is 1. The van der Waals surface area contributed by atoms with Crippen molar-refractivity contribution in [3.8, 4) is 11.8 Å². The molecule has 2 rings (SSSR count). The number of rotatable bonds is 5. The van der Waals surface area contributed by atoms with Gasteiger partial charge in [-0.1, -0.05) is 23.7 Å². The molecule has 0 spiro atoms. The summed E-state index contributed by atoms with van der Waals surface area (Å²) in [4.78, 5) is 16.4. The fraction of sp³-hybridized carbons (Fsp3) is 0.200. The predicted molar refractivity (Wildman–Crippen MR) is 79.4 cm³/mol. The predicted octanol–water partition coefficient (Wildman–Crippen LogP) is 2.69. The summed E-state index contributed by atoms with van der Waals surface area (Å²) >= 11 is 5.98. The van der Waals surface area contributed by atoms with Gasteiger partial charge in [0.15, 0.2) is 0 Å². The van der Waals surface area contributed by atoms with Crippen LogP contribution < -0.4 is 4.74 Å². The lowest BCUT2D eigenvalue weighted by atomic mass is 10.3. The van der Waals surface area contributed by atoms with E-state index in [1.54, 1.807) is 19.2 Å². The van der Waals surface area contributed by atoms with Gasteiger partial charge in [-0.3, -0.25) is 4.79 Å². The second-order valence-electron chi connectivity index (χ2n) is 4.42. The van der Waals surface area contributed by atoms with Crippen LogP contribution in [0.5, 0.6) is 5.75 Å². The molecule has 21 heavy (non-hydrogen) atoms. The van der Waals surface area contributed by atoms with Crippen molar-refractivity contribution in [3.63, 3.8) is 0 Å². The Kier molecular flexibility index (Phi) is 4.85. The van der Waals surface area contributed by atoms with Crippen LogP contribution in [0.25, 0.3) is 0 Å². The van der Waals surface area contributed by atoms with Crippen LogP contribution in [0, 0.1) is 11.3 Å². The molecule has 108 valence electrons. The molecule has 0 bridgehead atoms. The normalized spacial score (nSPS) is 9.95. The fourth-order valence-corrected chi connectivity index (χ4v) is 1.93. The number of nitriles is 1. The van der Waals surface area contributed by atoms with E-state index >= 15 is 0 Å². The van der Waals surface area contributed by atoms with Crippen LogP contribution in [0.15, 0.2) is 36.5 Å². The number of likely N-dealkylation sites (N-methyl/N-ethyl adjacent to an activating group) is 1. The molecule has 1 amide bonds. The van der Waals surface area contributed by atoms with Crippen LogP contribution in [0.3, 0.4) is 0 Å². The molecule has 0 radical (unpaired) electrons. The summed E-state index contributed by atoms with van der Waals surface area (Å²) in [6.45, 7) is 0.739. The van der Waals surface area contributed by atoms with E-state index in [4.69, 9.17) is 21.6 Å². The molecule has 0 fully saturated rings. The first-order chi connectivity index (χ1) is 10.1. The highest BCUT2D eigenvalue weighted by Gasteiger charge is 2.13. The van der Waals surface area contributed by atoms with Crippen LogP contribution in [0.1, 0.15) is 16.1 Å². The van der Waals surface area contributed by atoms with Gasteiger partial charge in [-0.15, -0.1) is 0 Å². The van der Waals surface area contributed by atoms with E-state index < -0.39 is 0 Å². The van der Waals surface area contributed by atoms with E-state index in [2.05, 4.69) is 4.98 Å². The lowest BCUT2D eigenvalue weighted by Crippen LogP contribution is -2.31. The molecule has 6 heteroatoms. The highest BCUT2D eigenvalue weighted by Crippen LogP contribution is 2.22. The number of nitrogens with zero attached hydrogens (tertiary/aromatic N) is 2. The molecule has 0 aliphatic rings. The Morgan fingerprint density at radius 2 is 2.24 bits per heavy atom. The lowest BCUT2D eigenvalue weighted by molar-refractivity contribution is 0.0769. The lowest BCUT2D eigenvalue weighted by Gasteiger charge is -2.17. The van der Waals surface area contributed by atoms with E-state index in [9.17, 15) is 4.79 Å². The third-order valence-corrected chi connectivity index (χ3v) is 3.22. The number of carbonyl (C=O) groups excluding carboxylic acids is 1. The van der Waals surface area contributed by atoms with Gasteiger partial charge in [0.05, 0.1) is 17.1 Å². The second-order valence-corrected chi connectivity index (χ2v) is 4.83. The van der Waals surface area contributed by atoms with Crippen molar-refractivity contribution in [2.75, 3.05) is 20.2 Å². The third-order valence-electron chi connectivity index (χ3n) is 2.91. The number of nitrogens with one attached hydrogen (secondary N) is 1. The van der Waals surface area contributed by atoms with Crippen molar-refractivity contribution in [3.05, 3.63) is 52.8 Å². The van der Waals surface area contributed by atoms with Crippen molar-refractivity contribution in [2.24, 2.45) is 0 Å². The molecule has 0 unspecified atom stereocenters. The van der Waals surface area contributed by atoms with Gasteiger partial charge in [-0.05, 0) is 18.2 Å². The van der Waals surface area contributed by atoms with Gasteiger partial charge >= 0.3 is 0 Å². The Hall–Kier alpha value is -2.45. The molecular formula is C15H14ClN3O2. The Bertz CT molecular complexity index is 676. The van der Waals surface area contributed by atoms with Crippen LogP contribution >= 0.6 is 11.6 Å². The smallest absolute Gasteiger partial charge is 0.270 e. The first-order valence-electron chi connectivity index (χ1n) is 6.33. The third kappa shape index (κ3) is 3.77. The number of hydrogen-bond acceptors (Lipinski definition) is 3. The van der Waals surface area contributed by atoms with Gasteiger partial charge in [-0.2, -0.15) is 5.26 Å². The van der Waals surface area contributed by atoms with Crippen molar-refractivity contribution in [1.82, 2.24) is 9.88 Å². The van der Waals surface area contributed by atoms with Gasteiger partial charge in [0.25, 0.3) is 5.91 Å². The minimum Gasteiger partial charge on any atom is -0.490 e. The van der Waals surface area contributed by atoms with Crippen LogP contribution in [0.4, 0.5) is 0 Å². The molecule has 0 atom stereocenters. The number of aromatic amines is 1. The minimum absolute atomic E-state index is 0.195. The van der Waals surface area contributed by atoms with Gasteiger partial charge in [-0.25, -0.2) is 0 Å². The number of carbonyl (C=O) groups is 1. The average molecular weight is 304 g/mol. The zero-order valence-corrected chi connectivity index (χ0v) is 12.2. The Labute approximate surface area is 127 Å². The first-order valence-corrected chi connectivity index (χ1v) is 6.71. The molecule has 2 aromatic rings. The second kappa shape index (κ2) is 6.82. The SMILES string of the molecule is CN(CCOc1ccccc1Cl)C(=O)c1cc(C#N)c[nH]1. The Morgan fingerprint density at radius 3 is 2.90 bits per heavy atom. The topological polar surface area (TPSA) is 69.1 Å². The minimum atomic E-state index is -0.195. The first kappa shape index (κ1) is 14.9. The maximum atomic E-state index is 12.1. The zero-order chi connectivity index (χ0) is 15.2. The Balaban J connectivity index is 1.87. The maximum absolute atomic E-state index is 12.1. The van der Waals surface area contributed by atoms with Crippen molar-refractivity contribution in [2.45, 2.75) is 0 Å². The van der Waals surface area contributed by atoms with Crippen LogP contribution in [0.2, 0.25) is 5.02 Å². The molecule has 0 saturated carbocycles. The Morgan fingerprint density at radius 1 is 1.48 bits per heavy atom. The molecule has 1 heterocycles. The molecule has 1 N–H and O–H groups in total. The largest absolute Gasteiger partial charge is 0.490 e. The zero-order valence-electron chi connectivity index (χ0n) is 11.5. The van der Waals surface area contributed by atoms with Crippen molar-refractivity contribution in [1.29, 1.82) is 5.26 Å². The molecule has 1 aromatic carbocycles. The summed E-state index contributed by atoms with van der Waals surface area (Å²) in [7, 11) is 1.67. The maximum Gasteiger partial charge on any atom is 0.270 e. The number of amides is 1. The van der Waals surface area contributed by atoms with Crippen LogP contribution in [-0.2, 0) is 0 Å². The van der Waals surface area contributed by atoms with E-state index in [0.717, 1.165) is 0 Å². The van der Waals surface area contributed by atoms with E-state index in [-0.39, 0.29) is 5.91 Å². The summed E-state index contributed by atoms with van der Waals surface area (Å²) in [5.74, 6) is 0.394. The summed E-state index contributed by atoms with van der Waals surface area (Å²) in [6.07, 6.45) is 1.50. The van der Waals surface area contributed by atoms with E-state index in [1.807, 2.05) is 18.2 Å². The summed E-state index contributed by atoms with van der Waals surface area (Å²) in [5, 5.41) is 9.27. The quantitative estimate of drug-likeness (QED) is 0.923. The summed E-state index contributed by atoms with van der Waals surface area (Å²) in [5.41, 5.74) is 0.811. The molecular weight excluding hydrogens is 290 g/mol. The van der Waals surface area contributed by atoms with E-state index in [1.165, 1.54) is 17.2 Å². The number of para-hydroxylation sites is 1. The summed E-state index contributed by atoms with van der Waals surface area (Å²) < 4.78 is 5.53. The number of halogens is 1. The fourth-order valence-electron chi connectivity index (χ4n) is 1.74. The average Bonchev–Trinajstić information content (AvgIpc) is 2.97. The highest BCUT2D eigenvalue weighted by molar-refractivity contribution is 6.32. The highest BCUT2D eigenvalue weighted by atomic mass is 35.5. The molecule has 0 aliphatic carbocycles. The van der Waals surface area contributed by atoms with Crippen LogP contribution in [-0.4, -0.2) is 36.0 Å². The molecule has 5 nitrogen and oxygen atoms in total. The number of benzene rings is 1. The van der Waals surface area contributed by atoms with Gasteiger partial charge < -0.3 is 14.6 Å². The monoisotopic (exact) mass is 303 g/mol. The van der Waals surface area contributed by atoms with Gasteiger partial charge in [0.2, 0.25) is 0 Å². The molecule has 0 saturated heterocycles. The number of ether oxygens (including phenoxy) is 1. The van der Waals surface area contributed by atoms with Crippen molar-refractivity contribution < 1.29 is 9.53 Å². The number of hydrogen-bond donors (Lipinski definition) is 1. The molecule has 0 aliphatic heterocycles. The van der Waals surface area contributed by atoms with Gasteiger partial charge in [0.1, 0.15) is 24.1 Å².